The molecule has 0 heterocycles. The molecule has 0 fully saturated rings. The van der Waals surface area contributed by atoms with Crippen LogP contribution < -0.4 is 5.26 Å². The number of rotatable bonds is 3. The minimum atomic E-state index is -0.568. The van der Waals surface area contributed by atoms with E-state index < -0.39 is 5.60 Å². The molecule has 0 spiro atoms. The molecule has 0 bridgehead atoms. The van der Waals surface area contributed by atoms with Crippen LogP contribution in [0.3, 0.4) is 0 Å². The summed E-state index contributed by atoms with van der Waals surface area (Å²) < 4.78 is 0. The number of hydrogen-bond acceptors (Lipinski definition) is 3. The Kier molecular flexibility index (Phi) is 2.97. The Morgan fingerprint density at radius 3 is 1.89 bits per heavy atom. The molecular weight excluding hydrogens is 120 g/mol. The molecule has 0 aliphatic carbocycles. The van der Waals surface area contributed by atoms with Gasteiger partial charge in [-0.05, 0) is 0 Å². The van der Waals surface area contributed by atoms with Crippen LogP contribution in [-0.2, 0) is 9.93 Å². The molecule has 0 aromatic rings. The average molecular weight is 132 g/mol. The molecule has 0 unspecified atom stereocenters. The maximum atomic E-state index is 9.51. The van der Waals surface area contributed by atoms with Crippen molar-refractivity contribution in [2.45, 2.75) is 33.3 Å². The fraction of sp³-hybridized carbons (Fsp3) is 0.833. The van der Waals surface area contributed by atoms with E-state index in [-0.39, 0.29) is 0 Å². The highest BCUT2D eigenvalue weighted by Crippen LogP contribution is 2.21. The Morgan fingerprint density at radius 2 is 1.78 bits per heavy atom. The van der Waals surface area contributed by atoms with Gasteiger partial charge in [-0.25, -0.2) is 0 Å². The van der Waals surface area contributed by atoms with E-state index in [0.29, 0.717) is 0 Å². The summed E-state index contributed by atoms with van der Waals surface area (Å²) in [4.78, 5) is 4.40. The van der Waals surface area contributed by atoms with Crippen LogP contribution in [0.25, 0.3) is 0 Å². The molecule has 9 heavy (non-hydrogen) atoms. The average Bonchev–Trinajstić information content (AvgIpc) is 1.65. The molecule has 3 nitrogen and oxygen atoms in total. The highest BCUT2D eigenvalue weighted by atomic mass is 17.5. The molecule has 0 N–H and O–H groups in total. The molecule has 54 valence electrons. The second kappa shape index (κ2) is 3.06. The molecule has 0 aliphatic rings. The summed E-state index contributed by atoms with van der Waals surface area (Å²) >= 11 is 0. The predicted octanol–water partition coefficient (Wildman–Crippen LogP) is 0.603. The lowest BCUT2D eigenvalue weighted by molar-refractivity contribution is -0.809. The smallest absolute Gasteiger partial charge is 0.232 e. The first-order chi connectivity index (χ1) is 4.00. The van der Waals surface area contributed by atoms with Gasteiger partial charge in [-0.3, -0.25) is 5.04 Å². The third-order valence-electron chi connectivity index (χ3n) is 1.45. The van der Waals surface area contributed by atoms with Gasteiger partial charge in [0, 0.05) is 13.8 Å². The van der Waals surface area contributed by atoms with Crippen molar-refractivity contribution in [3.63, 3.8) is 0 Å². The van der Waals surface area contributed by atoms with E-state index in [2.05, 4.69) is 9.93 Å². The normalized spacial score (nSPS) is 11.7. The zero-order valence-electron chi connectivity index (χ0n) is 6.22. The molecule has 0 aromatic heterocycles. The Labute approximate surface area is 55.4 Å². The van der Waals surface area contributed by atoms with Crippen LogP contribution in [0.1, 0.15) is 27.7 Å². The Morgan fingerprint density at radius 1 is 1.33 bits per heavy atom. The third-order valence-corrected chi connectivity index (χ3v) is 1.45. The van der Waals surface area contributed by atoms with Gasteiger partial charge in [-0.1, -0.05) is 0 Å². The maximum absolute atomic E-state index is 9.51. The molecule has 0 amide bonds. The van der Waals surface area contributed by atoms with E-state index >= 15 is 0 Å². The van der Waals surface area contributed by atoms with Crippen LogP contribution in [0.2, 0.25) is 0 Å². The summed E-state index contributed by atoms with van der Waals surface area (Å²) in [6, 6.07) is 0. The molecule has 3 heteroatoms. The Bertz CT molecular complexity index is 78.4. The topological polar surface area (TPSA) is 41.5 Å². The molecule has 0 radical (unpaired) electrons. The Balaban J connectivity index is 3.70. The second-order valence-electron chi connectivity index (χ2n) is 2.66. The highest BCUT2D eigenvalue weighted by molar-refractivity contribution is 4.95. The van der Waals surface area contributed by atoms with Crippen LogP contribution in [0.15, 0.2) is 0 Å². The molecule has 0 atom stereocenters. The molecule has 0 aliphatic heterocycles. The van der Waals surface area contributed by atoms with Gasteiger partial charge in [0.25, 0.3) is 0 Å². The van der Waals surface area contributed by atoms with Crippen molar-refractivity contribution in [2.75, 3.05) is 0 Å². The first kappa shape index (κ1) is 8.75. The fourth-order valence-electron chi connectivity index (χ4n) is 0.168. The lowest BCUT2D eigenvalue weighted by atomic mass is 9.95. The lowest BCUT2D eigenvalue weighted by Gasteiger charge is -2.20. The van der Waals surface area contributed by atoms with Crippen LogP contribution in [0.4, 0.5) is 0 Å². The monoisotopic (exact) mass is 132 g/mol. The first-order valence-corrected chi connectivity index (χ1v) is 2.79. The van der Waals surface area contributed by atoms with Crippen LogP contribution >= 0.6 is 0 Å². The van der Waals surface area contributed by atoms with Crippen molar-refractivity contribution >= 4 is 0 Å². The van der Waals surface area contributed by atoms with E-state index in [4.69, 9.17) is 0 Å². The summed E-state index contributed by atoms with van der Waals surface area (Å²) in [6.45, 7) is 7.28. The quantitative estimate of drug-likeness (QED) is 0.321. The van der Waals surface area contributed by atoms with Crippen molar-refractivity contribution in [1.29, 1.82) is 0 Å². The van der Waals surface area contributed by atoms with E-state index in [0.717, 1.165) is 5.92 Å². The van der Waals surface area contributed by atoms with E-state index in [1.807, 2.05) is 13.8 Å². The van der Waals surface area contributed by atoms with Gasteiger partial charge in [-0.2, -0.15) is 4.89 Å². The van der Waals surface area contributed by atoms with Gasteiger partial charge >= 0.3 is 0 Å². The van der Waals surface area contributed by atoms with Gasteiger partial charge in [0.2, 0.25) is 5.60 Å². The molecule has 0 saturated heterocycles. The maximum Gasteiger partial charge on any atom is 0.232 e. The van der Waals surface area contributed by atoms with Crippen molar-refractivity contribution in [1.82, 2.24) is 0 Å². The molecule has 0 saturated carbocycles. The number of hydrogen-bond donors (Lipinski definition) is 0. The van der Waals surface area contributed by atoms with Gasteiger partial charge in [0.05, 0.1) is 13.8 Å². The third kappa shape index (κ3) is 2.70. The SMILES string of the molecule is C[C+](C)C(C)(C)OO[O-]. The lowest BCUT2D eigenvalue weighted by Crippen LogP contribution is -2.31. The van der Waals surface area contributed by atoms with E-state index in [1.165, 1.54) is 0 Å². The highest BCUT2D eigenvalue weighted by Gasteiger charge is 2.33. The van der Waals surface area contributed by atoms with Gasteiger partial charge < -0.3 is 5.26 Å². The molecule has 0 rings (SSSR count). The summed E-state index contributed by atoms with van der Waals surface area (Å²) in [7, 11) is 0. The second-order valence-corrected chi connectivity index (χ2v) is 2.66. The largest absolute Gasteiger partial charge is 0.692 e. The zero-order chi connectivity index (χ0) is 7.49. The summed E-state index contributed by atoms with van der Waals surface area (Å²) in [5, 5.41) is 12.8. The molecule has 0 aromatic carbocycles. The summed E-state index contributed by atoms with van der Waals surface area (Å²) in [6.07, 6.45) is 0. The summed E-state index contributed by atoms with van der Waals surface area (Å²) in [5.74, 6) is 0.998. The van der Waals surface area contributed by atoms with Crippen LogP contribution in [-0.4, -0.2) is 5.60 Å². The van der Waals surface area contributed by atoms with Crippen molar-refractivity contribution in [2.24, 2.45) is 0 Å². The van der Waals surface area contributed by atoms with Crippen molar-refractivity contribution in [3.05, 3.63) is 5.92 Å². The van der Waals surface area contributed by atoms with Crippen LogP contribution in [0.5, 0.6) is 0 Å². The van der Waals surface area contributed by atoms with Gasteiger partial charge in [0.1, 0.15) is 5.92 Å². The van der Waals surface area contributed by atoms with E-state index in [1.54, 1.807) is 13.8 Å². The minimum Gasteiger partial charge on any atom is -0.692 e. The van der Waals surface area contributed by atoms with Crippen molar-refractivity contribution in [3.8, 4) is 0 Å². The predicted molar refractivity (Wildman–Crippen MR) is 30.8 cm³/mol. The van der Waals surface area contributed by atoms with Crippen LogP contribution in [0, 0.1) is 5.92 Å². The zero-order valence-corrected chi connectivity index (χ0v) is 6.22. The van der Waals surface area contributed by atoms with Gasteiger partial charge in [0.15, 0.2) is 0 Å². The first-order valence-electron chi connectivity index (χ1n) is 2.79. The fourth-order valence-corrected chi connectivity index (χ4v) is 0.168. The minimum absolute atomic E-state index is 0.568. The summed E-state index contributed by atoms with van der Waals surface area (Å²) in [5.41, 5.74) is -0.568. The Hall–Kier alpha value is -0.250. The molecular formula is C6H12O3. The van der Waals surface area contributed by atoms with E-state index in [9.17, 15) is 5.26 Å². The van der Waals surface area contributed by atoms with Crippen molar-refractivity contribution < 1.29 is 15.2 Å². The van der Waals surface area contributed by atoms with Gasteiger partial charge in [-0.15, -0.1) is 0 Å². The standard InChI is InChI=1S/C6H12O3/c1-5(2)6(3,4)8-9-7/h1-4H3.